The summed E-state index contributed by atoms with van der Waals surface area (Å²) in [6.07, 6.45) is 3.06. The fraction of sp³-hybridized carbons (Fsp3) is 0. The highest BCUT2D eigenvalue weighted by Crippen LogP contribution is 2.18. The van der Waals surface area contributed by atoms with E-state index in [1.54, 1.807) is 12.3 Å². The summed E-state index contributed by atoms with van der Waals surface area (Å²) in [5.41, 5.74) is 1.04. The quantitative estimate of drug-likeness (QED) is 0.739. The van der Waals surface area contributed by atoms with Gasteiger partial charge in [-0.15, -0.1) is 0 Å². The fourth-order valence-corrected chi connectivity index (χ4v) is 1.18. The second-order valence-corrected chi connectivity index (χ2v) is 3.01. The van der Waals surface area contributed by atoms with Crippen molar-refractivity contribution < 1.29 is 5.11 Å². The lowest BCUT2D eigenvalue weighted by Crippen LogP contribution is -1.86. The molecule has 0 radical (unpaired) electrons. The summed E-state index contributed by atoms with van der Waals surface area (Å²) in [5.74, 6) is -0.0960. The van der Waals surface area contributed by atoms with Gasteiger partial charge in [-0.1, -0.05) is 0 Å². The Morgan fingerprint density at radius 2 is 2.17 bits per heavy atom. The Balaban J connectivity index is 2.88. The molecule has 2 aromatic rings. The summed E-state index contributed by atoms with van der Waals surface area (Å²) < 4.78 is 0.582. The first-order valence-electron chi connectivity index (χ1n) is 3.23. The summed E-state index contributed by atoms with van der Waals surface area (Å²) >= 11 is 3.15. The minimum atomic E-state index is -0.0960. The van der Waals surface area contributed by atoms with E-state index in [2.05, 4.69) is 30.9 Å². The first-order valence-corrected chi connectivity index (χ1v) is 4.03. The zero-order valence-corrected chi connectivity index (χ0v) is 7.48. The predicted octanol–water partition coefficient (Wildman–Crippen LogP) is 1.49. The highest BCUT2D eigenvalue weighted by atomic mass is 79.9. The number of nitrogens with zero attached hydrogens (tertiary/aromatic N) is 3. The monoisotopic (exact) mass is 225 g/mol. The van der Waals surface area contributed by atoms with Crippen LogP contribution in [-0.4, -0.2) is 20.1 Å². The second kappa shape index (κ2) is 2.67. The number of aromatic nitrogens is 3. The van der Waals surface area contributed by atoms with Crippen molar-refractivity contribution in [2.75, 3.05) is 0 Å². The lowest BCUT2D eigenvalue weighted by atomic mass is 10.4. The molecule has 2 heterocycles. The Hall–Kier alpha value is -1.23. The van der Waals surface area contributed by atoms with Crippen LogP contribution < -0.4 is 0 Å². The second-order valence-electron chi connectivity index (χ2n) is 2.20. The molecule has 0 aliphatic heterocycles. The normalized spacial score (nSPS) is 10.4. The number of halogens is 1. The van der Waals surface area contributed by atoms with Gasteiger partial charge in [-0.2, -0.15) is 0 Å². The van der Waals surface area contributed by atoms with Gasteiger partial charge < -0.3 is 5.11 Å². The van der Waals surface area contributed by atoms with Crippen LogP contribution in [0.4, 0.5) is 0 Å². The summed E-state index contributed by atoms with van der Waals surface area (Å²) in [6.45, 7) is 0. The maximum absolute atomic E-state index is 9.26. The molecule has 12 heavy (non-hydrogen) atoms. The molecule has 0 saturated carbocycles. The molecule has 0 spiro atoms. The van der Waals surface area contributed by atoms with Crippen LogP contribution in [-0.2, 0) is 0 Å². The maximum atomic E-state index is 9.26. The molecule has 0 fully saturated rings. The summed E-state index contributed by atoms with van der Waals surface area (Å²) in [6, 6.07) is 1.69. The molecule has 0 aliphatic rings. The molecular formula is C7H4BrN3O. The predicted molar refractivity (Wildman–Crippen MR) is 46.7 cm³/mol. The van der Waals surface area contributed by atoms with E-state index >= 15 is 0 Å². The Morgan fingerprint density at radius 3 is 3.00 bits per heavy atom. The minimum Gasteiger partial charge on any atom is -0.492 e. The van der Waals surface area contributed by atoms with Gasteiger partial charge in [0.25, 0.3) is 0 Å². The Morgan fingerprint density at radius 1 is 1.33 bits per heavy atom. The van der Waals surface area contributed by atoms with E-state index in [4.69, 9.17) is 0 Å². The fourth-order valence-electron chi connectivity index (χ4n) is 0.903. The van der Waals surface area contributed by atoms with Crippen molar-refractivity contribution >= 4 is 27.0 Å². The van der Waals surface area contributed by atoms with Crippen LogP contribution in [0.15, 0.2) is 23.1 Å². The Bertz CT molecular complexity index is 432. The third kappa shape index (κ3) is 1.12. The van der Waals surface area contributed by atoms with E-state index in [-0.39, 0.29) is 5.88 Å². The zero-order valence-electron chi connectivity index (χ0n) is 5.90. The van der Waals surface area contributed by atoms with Crippen LogP contribution >= 0.6 is 15.9 Å². The Kier molecular flexibility index (Phi) is 1.65. The van der Waals surface area contributed by atoms with Crippen LogP contribution in [0.2, 0.25) is 0 Å². The van der Waals surface area contributed by atoms with Gasteiger partial charge in [0, 0.05) is 6.20 Å². The molecule has 0 aliphatic carbocycles. The molecule has 0 atom stereocenters. The van der Waals surface area contributed by atoms with E-state index in [1.807, 2.05) is 0 Å². The molecule has 60 valence electrons. The average Bonchev–Trinajstić information content (AvgIpc) is 2.07. The van der Waals surface area contributed by atoms with E-state index in [1.165, 1.54) is 6.20 Å². The van der Waals surface area contributed by atoms with Crippen LogP contribution in [0, 0.1) is 0 Å². The van der Waals surface area contributed by atoms with Crippen LogP contribution in [0.5, 0.6) is 5.88 Å². The molecule has 0 amide bonds. The first-order chi connectivity index (χ1) is 5.77. The Labute approximate surface area is 76.4 Å². The summed E-state index contributed by atoms with van der Waals surface area (Å²) in [4.78, 5) is 11.7. The smallest absolute Gasteiger partial charge is 0.239 e. The number of hydrogen-bond acceptors (Lipinski definition) is 4. The minimum absolute atomic E-state index is 0.0960. The van der Waals surface area contributed by atoms with Gasteiger partial charge in [0.15, 0.2) is 5.52 Å². The lowest BCUT2D eigenvalue weighted by molar-refractivity contribution is 0.459. The van der Waals surface area contributed by atoms with Crippen molar-refractivity contribution in [3.8, 4) is 5.88 Å². The average molecular weight is 226 g/mol. The third-order valence-electron chi connectivity index (χ3n) is 1.41. The SMILES string of the molecule is Oc1nccc2ncc(Br)nc12. The molecular weight excluding hydrogens is 222 g/mol. The summed E-state index contributed by atoms with van der Waals surface area (Å²) in [7, 11) is 0. The number of aromatic hydroxyl groups is 1. The molecule has 1 N–H and O–H groups in total. The molecule has 4 nitrogen and oxygen atoms in total. The van der Waals surface area contributed by atoms with Crippen LogP contribution in [0.3, 0.4) is 0 Å². The van der Waals surface area contributed by atoms with E-state index < -0.39 is 0 Å². The first kappa shape index (κ1) is 7.42. The molecule has 0 bridgehead atoms. The van der Waals surface area contributed by atoms with Gasteiger partial charge in [0.05, 0.1) is 11.7 Å². The van der Waals surface area contributed by atoms with E-state index in [9.17, 15) is 5.11 Å². The molecule has 0 aromatic carbocycles. The van der Waals surface area contributed by atoms with E-state index in [0.717, 1.165) is 0 Å². The highest BCUT2D eigenvalue weighted by Gasteiger charge is 2.02. The topological polar surface area (TPSA) is 58.9 Å². The van der Waals surface area contributed by atoms with Gasteiger partial charge in [-0.05, 0) is 22.0 Å². The molecule has 2 aromatic heterocycles. The van der Waals surface area contributed by atoms with Gasteiger partial charge in [0.1, 0.15) is 4.60 Å². The van der Waals surface area contributed by atoms with Crippen LogP contribution in [0.1, 0.15) is 0 Å². The molecule has 5 heteroatoms. The lowest BCUT2D eigenvalue weighted by Gasteiger charge is -1.97. The van der Waals surface area contributed by atoms with Crippen molar-refractivity contribution in [1.82, 2.24) is 15.0 Å². The van der Waals surface area contributed by atoms with Crippen molar-refractivity contribution in [2.45, 2.75) is 0 Å². The molecule has 0 saturated heterocycles. The van der Waals surface area contributed by atoms with Crippen molar-refractivity contribution in [2.24, 2.45) is 0 Å². The molecule has 2 rings (SSSR count). The van der Waals surface area contributed by atoms with Crippen molar-refractivity contribution in [3.63, 3.8) is 0 Å². The zero-order chi connectivity index (χ0) is 8.55. The number of hydrogen-bond donors (Lipinski definition) is 1. The van der Waals surface area contributed by atoms with Gasteiger partial charge in [0.2, 0.25) is 5.88 Å². The van der Waals surface area contributed by atoms with Crippen molar-refractivity contribution in [3.05, 3.63) is 23.1 Å². The molecule has 0 unspecified atom stereocenters. The maximum Gasteiger partial charge on any atom is 0.239 e. The number of fused-ring (bicyclic) bond motifs is 1. The highest BCUT2D eigenvalue weighted by molar-refractivity contribution is 9.10. The summed E-state index contributed by atoms with van der Waals surface area (Å²) in [5, 5.41) is 9.26. The third-order valence-corrected chi connectivity index (χ3v) is 1.79. The standard InChI is InChI=1S/C7H4BrN3O/c8-5-3-10-4-1-2-9-7(12)6(4)11-5/h1-3H,(H,9,12). The number of rotatable bonds is 0. The van der Waals surface area contributed by atoms with Gasteiger partial charge in [-0.25, -0.2) is 9.97 Å². The van der Waals surface area contributed by atoms with Crippen LogP contribution in [0.25, 0.3) is 11.0 Å². The number of pyridine rings is 1. The van der Waals surface area contributed by atoms with Crippen molar-refractivity contribution in [1.29, 1.82) is 0 Å². The van der Waals surface area contributed by atoms with Gasteiger partial charge >= 0.3 is 0 Å². The van der Waals surface area contributed by atoms with E-state index in [0.29, 0.717) is 15.6 Å². The van der Waals surface area contributed by atoms with Gasteiger partial charge in [-0.3, -0.25) is 4.98 Å². The largest absolute Gasteiger partial charge is 0.492 e.